The molecule has 148 valence electrons. The summed E-state index contributed by atoms with van der Waals surface area (Å²) in [6, 6.07) is 31.7. The topological polar surface area (TPSA) is 0 Å². The molecular weight excluding hydrogens is 489 g/mol. The first-order chi connectivity index (χ1) is 12.8. The second-order valence-corrected chi connectivity index (χ2v) is 11.1. The molecule has 0 aliphatic heterocycles. The Bertz CT molecular complexity index is 803. The summed E-state index contributed by atoms with van der Waals surface area (Å²) < 4.78 is 0. The molecule has 3 heteroatoms. The molecule has 1 unspecified atom stereocenters. The highest BCUT2D eigenvalue weighted by atomic mass is 127. The van der Waals surface area contributed by atoms with E-state index in [1.807, 2.05) is 0 Å². The molecule has 0 nitrogen and oxygen atoms in total. The van der Waals surface area contributed by atoms with Gasteiger partial charge in [-0.2, -0.15) is 9.90 Å². The summed E-state index contributed by atoms with van der Waals surface area (Å²) >= 11 is 0. The van der Waals surface area contributed by atoms with E-state index >= 15 is 0 Å². The third kappa shape index (κ3) is 4.69. The van der Waals surface area contributed by atoms with E-state index in [4.69, 9.17) is 0 Å². The minimum absolute atomic E-state index is 0. The molecule has 1 atom stereocenters. The van der Waals surface area contributed by atoms with E-state index in [1.165, 1.54) is 42.7 Å². The molecule has 3 aromatic rings. The molecule has 0 amide bonds. The van der Waals surface area contributed by atoms with Crippen molar-refractivity contribution in [1.29, 1.82) is 0 Å². The Kier molecular flexibility index (Phi) is 9.13. The molecule has 0 saturated heterocycles. The first kappa shape index (κ1) is 23.5. The second kappa shape index (κ2) is 10.9. The molecule has 0 N–H and O–H groups in total. The Morgan fingerprint density at radius 3 is 1.64 bits per heavy atom. The summed E-state index contributed by atoms with van der Waals surface area (Å²) in [5.74, 6) is 0.728. The van der Waals surface area contributed by atoms with E-state index in [2.05, 4.69) is 91.6 Å². The molecular formula is C25H31IP2. The lowest BCUT2D eigenvalue weighted by Gasteiger charge is -2.29. The third-order valence-corrected chi connectivity index (χ3v) is 10.0. The van der Waals surface area contributed by atoms with Gasteiger partial charge in [0.25, 0.3) is 0 Å². The Labute approximate surface area is 191 Å². The molecule has 1 fully saturated rings. The lowest BCUT2D eigenvalue weighted by Crippen LogP contribution is -3.00. The monoisotopic (exact) mass is 520 g/mol. The van der Waals surface area contributed by atoms with Crippen molar-refractivity contribution >= 4 is 33.1 Å². The van der Waals surface area contributed by atoms with Crippen LogP contribution in [0.4, 0.5) is 0 Å². The molecule has 0 spiro atoms. The van der Waals surface area contributed by atoms with E-state index < -0.39 is 7.26 Å². The van der Waals surface area contributed by atoms with Crippen molar-refractivity contribution in [3.05, 3.63) is 90.5 Å². The molecule has 1 aliphatic rings. The second-order valence-electron chi connectivity index (χ2n) is 7.57. The molecule has 0 aromatic heterocycles. The quantitative estimate of drug-likeness (QED) is 0.367. The van der Waals surface area contributed by atoms with Gasteiger partial charge < -0.3 is 24.0 Å². The average molecular weight is 520 g/mol. The maximum Gasteiger partial charge on any atom is 0.109 e. The summed E-state index contributed by atoms with van der Waals surface area (Å²) in [6.07, 6.45) is 6.86. The molecule has 4 rings (SSSR count). The van der Waals surface area contributed by atoms with Crippen molar-refractivity contribution in [1.82, 2.24) is 0 Å². The summed E-state index contributed by atoms with van der Waals surface area (Å²) in [4.78, 5) is 0. The summed E-state index contributed by atoms with van der Waals surface area (Å²) in [5, 5.41) is 4.55. The number of halogens is 1. The van der Waals surface area contributed by atoms with E-state index in [0.717, 1.165) is 5.92 Å². The Morgan fingerprint density at radius 2 is 1.11 bits per heavy atom. The van der Waals surface area contributed by atoms with Crippen LogP contribution in [0.3, 0.4) is 0 Å². The van der Waals surface area contributed by atoms with Gasteiger partial charge in [0.05, 0.1) is 6.66 Å². The third-order valence-electron chi connectivity index (χ3n) is 6.01. The van der Waals surface area contributed by atoms with Gasteiger partial charge in [-0.15, -0.1) is 0 Å². The zero-order valence-corrected chi connectivity index (χ0v) is 21.2. The van der Waals surface area contributed by atoms with Crippen LogP contribution in [0.1, 0.15) is 43.6 Å². The molecule has 3 aromatic carbocycles. The first-order valence-corrected chi connectivity index (χ1v) is 12.1. The molecule has 28 heavy (non-hydrogen) atoms. The van der Waals surface area contributed by atoms with E-state index in [0.29, 0.717) is 0 Å². The number of hydrogen-bond acceptors (Lipinski definition) is 0. The van der Waals surface area contributed by atoms with Crippen molar-refractivity contribution < 1.29 is 24.0 Å². The maximum atomic E-state index is 2.51. The predicted molar refractivity (Wildman–Crippen MR) is 128 cm³/mol. The van der Waals surface area contributed by atoms with E-state index in [9.17, 15) is 0 Å². The van der Waals surface area contributed by atoms with Crippen molar-refractivity contribution in [2.45, 2.75) is 38.0 Å². The van der Waals surface area contributed by atoms with Gasteiger partial charge in [-0.25, -0.2) is 0 Å². The molecule has 1 saturated carbocycles. The highest BCUT2D eigenvalue weighted by molar-refractivity contribution is 7.95. The van der Waals surface area contributed by atoms with Crippen LogP contribution in [0.5, 0.6) is 0 Å². The van der Waals surface area contributed by atoms with Crippen LogP contribution in [0, 0.1) is 0 Å². The van der Waals surface area contributed by atoms with Crippen molar-refractivity contribution in [3.63, 3.8) is 0 Å². The standard InChI is InChI=1S/C25H28P.HI.H3P/c1-26(22-15-7-3-8-16-22,23-17-9-4-10-18-23)25-20-12-11-19-24(25)21-13-5-2-6-14-21;;/h3-4,7-12,15-21H,2,5-6,13-14H2,1H3;1H;1H3/q+1;;/p-1. The van der Waals surface area contributed by atoms with Gasteiger partial charge >= 0.3 is 0 Å². The van der Waals surface area contributed by atoms with Crippen LogP contribution < -0.4 is 39.9 Å². The van der Waals surface area contributed by atoms with Crippen LogP contribution in [0.25, 0.3) is 0 Å². The van der Waals surface area contributed by atoms with Gasteiger partial charge in [-0.05, 0) is 54.7 Å². The van der Waals surface area contributed by atoms with Crippen LogP contribution in [-0.4, -0.2) is 6.66 Å². The normalized spacial score (nSPS) is 14.6. The molecule has 1 aliphatic carbocycles. The fourth-order valence-electron chi connectivity index (χ4n) is 4.53. The lowest BCUT2D eigenvalue weighted by molar-refractivity contribution is -0.00000530. The van der Waals surface area contributed by atoms with Crippen LogP contribution in [0.15, 0.2) is 84.9 Å². The average Bonchev–Trinajstić information content (AvgIpc) is 2.75. The smallest absolute Gasteiger partial charge is 0.109 e. The van der Waals surface area contributed by atoms with Gasteiger partial charge in [-0.3, -0.25) is 0 Å². The largest absolute Gasteiger partial charge is 1.00 e. The minimum atomic E-state index is -1.63. The van der Waals surface area contributed by atoms with E-state index in [1.54, 1.807) is 10.9 Å². The van der Waals surface area contributed by atoms with Gasteiger partial charge in [0.2, 0.25) is 0 Å². The number of hydrogen-bond donors (Lipinski definition) is 0. The SMILES string of the molecule is C[P+](c1ccccc1)(c1ccccc1)c1ccccc1C1CCCCC1.P.[I-]. The van der Waals surface area contributed by atoms with Crippen LogP contribution in [-0.2, 0) is 0 Å². The fraction of sp³-hybridized carbons (Fsp3) is 0.280. The Morgan fingerprint density at radius 1 is 0.643 bits per heavy atom. The van der Waals surface area contributed by atoms with Gasteiger partial charge in [0, 0.05) is 0 Å². The molecule has 0 radical (unpaired) electrons. The van der Waals surface area contributed by atoms with Crippen LogP contribution in [0.2, 0.25) is 0 Å². The maximum absolute atomic E-state index is 2.51. The van der Waals surface area contributed by atoms with Crippen molar-refractivity contribution in [2.24, 2.45) is 0 Å². The van der Waals surface area contributed by atoms with Crippen molar-refractivity contribution in [3.8, 4) is 0 Å². The lowest BCUT2D eigenvalue weighted by atomic mass is 9.84. The van der Waals surface area contributed by atoms with Crippen LogP contribution >= 0.6 is 17.2 Å². The summed E-state index contributed by atoms with van der Waals surface area (Å²) in [7, 11) is -1.63. The van der Waals surface area contributed by atoms with Crippen molar-refractivity contribution in [2.75, 3.05) is 6.66 Å². The first-order valence-electron chi connectivity index (χ1n) is 9.87. The minimum Gasteiger partial charge on any atom is -1.00 e. The van der Waals surface area contributed by atoms with Gasteiger partial charge in [-0.1, -0.05) is 73.9 Å². The highest BCUT2D eigenvalue weighted by Gasteiger charge is 2.42. The van der Waals surface area contributed by atoms with Gasteiger partial charge in [0.1, 0.15) is 23.2 Å². The highest BCUT2D eigenvalue weighted by Crippen LogP contribution is 2.53. The van der Waals surface area contributed by atoms with E-state index in [-0.39, 0.29) is 33.9 Å². The predicted octanol–water partition coefficient (Wildman–Crippen LogP) is 2.72. The Balaban J connectivity index is 0.00000140. The zero-order chi connectivity index (χ0) is 17.8. The number of benzene rings is 3. The molecule has 0 heterocycles. The zero-order valence-electron chi connectivity index (χ0n) is 16.7. The number of rotatable bonds is 4. The Hall–Kier alpha value is -0.750. The summed E-state index contributed by atoms with van der Waals surface area (Å²) in [6.45, 7) is 2.51. The molecule has 0 bridgehead atoms. The fourth-order valence-corrected chi connectivity index (χ4v) is 8.08. The van der Waals surface area contributed by atoms with Gasteiger partial charge in [0.15, 0.2) is 0 Å². The summed E-state index contributed by atoms with van der Waals surface area (Å²) in [5.41, 5.74) is 1.61.